The average molecular weight is 337 g/mol. The van der Waals surface area contributed by atoms with Crippen LogP contribution in [0.4, 0.5) is 0 Å². The Labute approximate surface area is 141 Å². The Morgan fingerprint density at radius 2 is 2.09 bits per heavy atom. The van der Waals surface area contributed by atoms with Gasteiger partial charge in [0.05, 0.1) is 5.69 Å². The summed E-state index contributed by atoms with van der Waals surface area (Å²) in [5.41, 5.74) is 7.34. The lowest BCUT2D eigenvalue weighted by molar-refractivity contribution is 0.0573. The molecule has 0 bridgehead atoms. The predicted octanol–water partition coefficient (Wildman–Crippen LogP) is 1.28. The van der Waals surface area contributed by atoms with Crippen molar-refractivity contribution in [3.63, 3.8) is 0 Å². The van der Waals surface area contributed by atoms with Crippen LogP contribution in [-0.2, 0) is 0 Å². The molecule has 0 saturated carbocycles. The van der Waals surface area contributed by atoms with E-state index in [2.05, 4.69) is 22.4 Å². The summed E-state index contributed by atoms with van der Waals surface area (Å²) in [6, 6.07) is 7.44. The Bertz CT molecular complexity index is 630. The van der Waals surface area contributed by atoms with Gasteiger partial charge in [-0.25, -0.2) is 4.68 Å². The van der Waals surface area contributed by atoms with E-state index in [1.165, 1.54) is 6.33 Å². The highest BCUT2D eigenvalue weighted by Gasteiger charge is 2.29. The maximum absolute atomic E-state index is 12.7. The number of aromatic nitrogens is 4. The zero-order valence-corrected chi connectivity index (χ0v) is 13.8. The number of hydrogen-bond donors (Lipinski definition) is 1. The van der Waals surface area contributed by atoms with Crippen LogP contribution in [-0.4, -0.2) is 50.1 Å². The molecule has 1 aromatic heterocycles. The Morgan fingerprint density at radius 1 is 1.35 bits per heavy atom. The summed E-state index contributed by atoms with van der Waals surface area (Å²) in [5, 5.41) is 11.0. The number of nitrogens with zero attached hydrogens (tertiary/aromatic N) is 5. The Hall–Kier alpha value is -1.99. The van der Waals surface area contributed by atoms with Crippen LogP contribution in [0.3, 0.4) is 0 Å². The van der Waals surface area contributed by atoms with Crippen molar-refractivity contribution in [2.45, 2.75) is 25.8 Å². The quantitative estimate of drug-likeness (QED) is 0.912. The number of rotatable bonds is 3. The van der Waals surface area contributed by atoms with Crippen molar-refractivity contribution in [2.75, 3.05) is 13.1 Å². The lowest BCUT2D eigenvalue weighted by Crippen LogP contribution is -2.49. The molecule has 2 atom stereocenters. The maximum atomic E-state index is 12.7. The molecule has 1 aliphatic heterocycles. The summed E-state index contributed by atoms with van der Waals surface area (Å²) in [7, 11) is 0. The fourth-order valence-corrected chi connectivity index (χ4v) is 2.94. The first-order valence-corrected chi connectivity index (χ1v) is 7.53. The Balaban J connectivity index is 0.00000192. The highest BCUT2D eigenvalue weighted by Crippen LogP contribution is 2.23. The van der Waals surface area contributed by atoms with Crippen LogP contribution >= 0.6 is 12.4 Å². The molecule has 1 saturated heterocycles. The Kier molecular flexibility index (Phi) is 5.68. The third-order valence-corrected chi connectivity index (χ3v) is 4.24. The van der Waals surface area contributed by atoms with Gasteiger partial charge in [-0.1, -0.05) is 6.92 Å². The number of tetrazole rings is 1. The first kappa shape index (κ1) is 17.4. The largest absolute Gasteiger partial charge is 0.334 e. The third kappa shape index (κ3) is 3.68. The van der Waals surface area contributed by atoms with Crippen LogP contribution in [0, 0.1) is 5.92 Å². The molecule has 1 aliphatic rings. The first-order valence-electron chi connectivity index (χ1n) is 7.53. The van der Waals surface area contributed by atoms with Crippen LogP contribution in [0.5, 0.6) is 0 Å². The van der Waals surface area contributed by atoms with Crippen molar-refractivity contribution >= 4 is 18.3 Å². The van der Waals surface area contributed by atoms with Gasteiger partial charge in [0.1, 0.15) is 6.33 Å². The third-order valence-electron chi connectivity index (χ3n) is 4.24. The van der Waals surface area contributed by atoms with Gasteiger partial charge in [-0.3, -0.25) is 4.79 Å². The summed E-state index contributed by atoms with van der Waals surface area (Å²) in [6.07, 6.45) is 3.53. The van der Waals surface area contributed by atoms with Gasteiger partial charge < -0.3 is 10.6 Å². The van der Waals surface area contributed by atoms with E-state index in [-0.39, 0.29) is 24.4 Å². The second-order valence-electron chi connectivity index (χ2n) is 5.82. The van der Waals surface area contributed by atoms with Gasteiger partial charge in [-0.15, -0.1) is 17.5 Å². The number of carbonyl (C=O) groups is 1. The molecule has 2 unspecified atom stereocenters. The van der Waals surface area contributed by atoms with Gasteiger partial charge in [0.25, 0.3) is 5.91 Å². The van der Waals surface area contributed by atoms with E-state index in [0.717, 1.165) is 25.1 Å². The second kappa shape index (κ2) is 7.52. The summed E-state index contributed by atoms with van der Waals surface area (Å²) in [6.45, 7) is 3.50. The van der Waals surface area contributed by atoms with E-state index in [1.54, 1.807) is 4.68 Å². The average Bonchev–Trinajstić information content (AvgIpc) is 3.08. The summed E-state index contributed by atoms with van der Waals surface area (Å²) in [4.78, 5) is 14.6. The molecule has 23 heavy (non-hydrogen) atoms. The number of hydrogen-bond acceptors (Lipinski definition) is 5. The fraction of sp³-hybridized carbons (Fsp3) is 0.467. The minimum absolute atomic E-state index is 0. The molecule has 2 N–H and O–H groups in total. The van der Waals surface area contributed by atoms with Crippen molar-refractivity contribution in [3.05, 3.63) is 36.2 Å². The maximum Gasteiger partial charge on any atom is 0.254 e. The van der Waals surface area contributed by atoms with E-state index in [9.17, 15) is 4.79 Å². The van der Waals surface area contributed by atoms with Crippen LogP contribution in [0.25, 0.3) is 5.69 Å². The Morgan fingerprint density at radius 3 is 2.70 bits per heavy atom. The monoisotopic (exact) mass is 336 g/mol. The number of nitrogens with two attached hydrogens (primary N) is 1. The van der Waals surface area contributed by atoms with E-state index < -0.39 is 0 Å². The van der Waals surface area contributed by atoms with E-state index in [0.29, 0.717) is 18.0 Å². The topological polar surface area (TPSA) is 89.9 Å². The minimum atomic E-state index is 0. The molecule has 1 amide bonds. The number of halogens is 1. The van der Waals surface area contributed by atoms with Gasteiger partial charge >= 0.3 is 0 Å². The number of benzene rings is 1. The van der Waals surface area contributed by atoms with Crippen molar-refractivity contribution in [3.8, 4) is 5.69 Å². The first-order chi connectivity index (χ1) is 10.7. The van der Waals surface area contributed by atoms with E-state index in [1.807, 2.05) is 29.2 Å². The normalized spacial score (nSPS) is 20.9. The molecule has 2 aromatic rings. The molecule has 1 aromatic carbocycles. The lowest BCUT2D eigenvalue weighted by atomic mass is 9.92. The zero-order valence-electron chi connectivity index (χ0n) is 13.0. The molecule has 1 fully saturated rings. The summed E-state index contributed by atoms with van der Waals surface area (Å²) >= 11 is 0. The minimum Gasteiger partial charge on any atom is -0.334 e. The molecule has 3 rings (SSSR count). The fourth-order valence-electron chi connectivity index (χ4n) is 2.94. The molecule has 124 valence electrons. The highest BCUT2D eigenvalue weighted by molar-refractivity contribution is 5.94. The summed E-state index contributed by atoms with van der Waals surface area (Å²) in [5.74, 6) is 0.672. The molecule has 0 aliphatic carbocycles. The van der Waals surface area contributed by atoms with Gasteiger partial charge in [0, 0.05) is 24.7 Å². The molecule has 0 radical (unpaired) electrons. The zero-order chi connectivity index (χ0) is 15.5. The van der Waals surface area contributed by atoms with Crippen molar-refractivity contribution < 1.29 is 4.79 Å². The van der Waals surface area contributed by atoms with Crippen molar-refractivity contribution in [1.29, 1.82) is 0 Å². The lowest BCUT2D eigenvalue weighted by Gasteiger charge is -2.38. The molecule has 2 heterocycles. The van der Waals surface area contributed by atoms with Gasteiger partial charge in [-0.05, 0) is 53.5 Å². The molecular weight excluding hydrogens is 316 g/mol. The van der Waals surface area contributed by atoms with Gasteiger partial charge in [-0.2, -0.15) is 0 Å². The van der Waals surface area contributed by atoms with Crippen molar-refractivity contribution in [1.82, 2.24) is 25.1 Å². The summed E-state index contributed by atoms with van der Waals surface area (Å²) < 4.78 is 1.56. The molecular formula is C15H21ClN6O. The van der Waals surface area contributed by atoms with Crippen LogP contribution in [0.15, 0.2) is 30.6 Å². The van der Waals surface area contributed by atoms with Crippen LogP contribution < -0.4 is 5.73 Å². The van der Waals surface area contributed by atoms with Crippen molar-refractivity contribution in [2.24, 2.45) is 11.7 Å². The molecule has 0 spiro atoms. The molecule has 7 nitrogen and oxygen atoms in total. The van der Waals surface area contributed by atoms with E-state index in [4.69, 9.17) is 5.73 Å². The SMILES string of the molecule is CC1CCN(C(=O)c2ccc(-n3cnnn3)cc2)C(CN)C1.Cl. The highest BCUT2D eigenvalue weighted by atomic mass is 35.5. The smallest absolute Gasteiger partial charge is 0.254 e. The van der Waals surface area contributed by atoms with Gasteiger partial charge in [0.15, 0.2) is 0 Å². The number of likely N-dealkylation sites (tertiary alicyclic amines) is 1. The van der Waals surface area contributed by atoms with Crippen LogP contribution in [0.2, 0.25) is 0 Å². The predicted molar refractivity (Wildman–Crippen MR) is 88.7 cm³/mol. The second-order valence-corrected chi connectivity index (χ2v) is 5.82. The number of amides is 1. The number of carbonyl (C=O) groups excluding carboxylic acids is 1. The number of piperidine rings is 1. The standard InChI is InChI=1S/C15H20N6O.ClH/c1-11-6-7-20(14(8-11)9-16)15(22)12-2-4-13(5-3-12)21-10-17-18-19-21;/h2-5,10-11,14H,6-9,16H2,1H3;1H. The molecule has 8 heteroatoms. The van der Waals surface area contributed by atoms with Crippen LogP contribution in [0.1, 0.15) is 30.1 Å². The van der Waals surface area contributed by atoms with E-state index >= 15 is 0 Å². The van der Waals surface area contributed by atoms with Gasteiger partial charge in [0.2, 0.25) is 0 Å².